The van der Waals surface area contributed by atoms with Gasteiger partial charge in [0, 0.05) is 0 Å². The van der Waals surface area contributed by atoms with E-state index in [2.05, 4.69) is 23.3 Å². The van der Waals surface area contributed by atoms with Crippen molar-refractivity contribution in [2.24, 2.45) is 0 Å². The third-order valence-corrected chi connectivity index (χ3v) is 3.37. The van der Waals surface area contributed by atoms with E-state index >= 15 is 0 Å². The lowest BCUT2D eigenvalue weighted by Crippen LogP contribution is -2.07. The van der Waals surface area contributed by atoms with Crippen LogP contribution in [0.4, 0.5) is 5.82 Å². The van der Waals surface area contributed by atoms with Crippen LogP contribution in [-0.4, -0.2) is 15.0 Å². The predicted octanol–water partition coefficient (Wildman–Crippen LogP) is 2.98. The molecular weight excluding hydrogens is 252 g/mol. The van der Waals surface area contributed by atoms with E-state index in [1.54, 1.807) is 17.0 Å². The van der Waals surface area contributed by atoms with Crippen LogP contribution in [0.15, 0.2) is 41.0 Å². The number of hydrogen-bond acceptors (Lipinski definition) is 4. The summed E-state index contributed by atoms with van der Waals surface area (Å²) in [6.45, 7) is 4.15. The van der Waals surface area contributed by atoms with Gasteiger partial charge in [0.2, 0.25) is 0 Å². The molecule has 5 heteroatoms. The third-order valence-electron chi connectivity index (χ3n) is 3.37. The maximum Gasteiger partial charge on any atom is 0.172 e. The molecule has 3 aromatic rings. The zero-order valence-corrected chi connectivity index (χ0v) is 11.5. The average Bonchev–Trinajstić information content (AvgIpc) is 3.08. The van der Waals surface area contributed by atoms with Gasteiger partial charge >= 0.3 is 0 Å². The Morgan fingerprint density at radius 3 is 2.80 bits per heavy atom. The highest BCUT2D eigenvalue weighted by Crippen LogP contribution is 2.28. The second-order valence-electron chi connectivity index (χ2n) is 4.65. The number of nitrogens with zero attached hydrogens (tertiary/aromatic N) is 3. The Morgan fingerprint density at radius 1 is 1.25 bits per heavy atom. The maximum absolute atomic E-state index is 6.20. The summed E-state index contributed by atoms with van der Waals surface area (Å²) in [6, 6.07) is 9.79. The number of nitrogens with two attached hydrogens (primary N) is 1. The van der Waals surface area contributed by atoms with Gasteiger partial charge in [0.15, 0.2) is 17.3 Å². The number of aryl methyl sites for hydroxylation is 2. The highest BCUT2D eigenvalue weighted by molar-refractivity contribution is 5.67. The van der Waals surface area contributed by atoms with Crippen LogP contribution in [0, 0.1) is 6.92 Å². The first-order valence-corrected chi connectivity index (χ1v) is 6.56. The van der Waals surface area contributed by atoms with Crippen molar-refractivity contribution in [2.45, 2.75) is 20.3 Å². The van der Waals surface area contributed by atoms with E-state index in [-0.39, 0.29) is 0 Å². The normalized spacial score (nSPS) is 10.9. The van der Waals surface area contributed by atoms with E-state index < -0.39 is 0 Å². The van der Waals surface area contributed by atoms with Crippen LogP contribution in [-0.2, 0) is 6.42 Å². The number of benzene rings is 1. The minimum absolute atomic E-state index is 0.490. The number of anilines is 1. The van der Waals surface area contributed by atoms with Crippen molar-refractivity contribution in [1.29, 1.82) is 0 Å². The molecule has 0 saturated carbocycles. The topological polar surface area (TPSA) is 69.9 Å². The van der Waals surface area contributed by atoms with Gasteiger partial charge in [0.05, 0.1) is 12.0 Å². The van der Waals surface area contributed by atoms with Crippen LogP contribution < -0.4 is 5.73 Å². The quantitative estimate of drug-likeness (QED) is 0.792. The van der Waals surface area contributed by atoms with Crippen molar-refractivity contribution >= 4 is 5.82 Å². The molecule has 0 atom stereocenters. The molecule has 0 spiro atoms. The lowest BCUT2D eigenvalue weighted by atomic mass is 10.1. The van der Waals surface area contributed by atoms with Gasteiger partial charge in [0.25, 0.3) is 0 Å². The van der Waals surface area contributed by atoms with Crippen LogP contribution in [0.25, 0.3) is 17.1 Å². The minimum atomic E-state index is 0.490. The number of rotatable bonds is 3. The molecule has 3 rings (SSSR count). The molecule has 102 valence electrons. The Labute approximate surface area is 117 Å². The predicted molar refractivity (Wildman–Crippen MR) is 77.6 cm³/mol. The van der Waals surface area contributed by atoms with Crippen LogP contribution in [0.5, 0.6) is 0 Å². The van der Waals surface area contributed by atoms with Gasteiger partial charge in [-0.2, -0.15) is 4.68 Å². The van der Waals surface area contributed by atoms with E-state index in [0.717, 1.165) is 17.7 Å². The van der Waals surface area contributed by atoms with Crippen LogP contribution in [0.3, 0.4) is 0 Å². The Kier molecular flexibility index (Phi) is 3.02. The molecule has 0 fully saturated rings. The second kappa shape index (κ2) is 4.85. The van der Waals surface area contributed by atoms with Gasteiger partial charge in [-0.15, -0.1) is 5.10 Å². The number of hydrogen-bond donors (Lipinski definition) is 1. The fourth-order valence-electron chi connectivity index (χ4n) is 2.35. The largest absolute Gasteiger partial charge is 0.463 e. The van der Waals surface area contributed by atoms with Crippen molar-refractivity contribution in [3.05, 3.63) is 47.7 Å². The molecule has 0 radical (unpaired) electrons. The van der Waals surface area contributed by atoms with E-state index in [1.807, 2.05) is 25.1 Å². The summed E-state index contributed by atoms with van der Waals surface area (Å²) in [5.74, 6) is 1.12. The Balaban J connectivity index is 2.18. The van der Waals surface area contributed by atoms with Gasteiger partial charge in [-0.25, -0.2) is 0 Å². The molecule has 0 amide bonds. The molecule has 1 aromatic carbocycles. The van der Waals surface area contributed by atoms with Crippen molar-refractivity contribution in [2.75, 3.05) is 5.73 Å². The lowest BCUT2D eigenvalue weighted by molar-refractivity contribution is 0.580. The molecule has 0 bridgehead atoms. The van der Waals surface area contributed by atoms with Crippen molar-refractivity contribution in [1.82, 2.24) is 15.0 Å². The van der Waals surface area contributed by atoms with Gasteiger partial charge in [-0.05, 0) is 36.6 Å². The van der Waals surface area contributed by atoms with Crippen molar-refractivity contribution in [3.63, 3.8) is 0 Å². The summed E-state index contributed by atoms with van der Waals surface area (Å²) >= 11 is 0. The molecule has 20 heavy (non-hydrogen) atoms. The highest BCUT2D eigenvalue weighted by Gasteiger charge is 2.17. The molecule has 0 aliphatic carbocycles. The second-order valence-corrected chi connectivity index (χ2v) is 4.65. The summed E-state index contributed by atoms with van der Waals surface area (Å²) in [4.78, 5) is 0. The summed E-state index contributed by atoms with van der Waals surface area (Å²) in [5.41, 5.74) is 10.1. The molecular formula is C15H16N4O. The SMILES string of the molecule is CCc1cccc(C)c1-n1nnc(-c2ccco2)c1N. The maximum atomic E-state index is 6.20. The zero-order valence-electron chi connectivity index (χ0n) is 11.5. The Hall–Kier alpha value is -2.56. The fourth-order valence-corrected chi connectivity index (χ4v) is 2.35. The van der Waals surface area contributed by atoms with Gasteiger partial charge in [0.1, 0.15) is 0 Å². The fraction of sp³-hybridized carbons (Fsp3) is 0.200. The molecule has 5 nitrogen and oxygen atoms in total. The molecule has 2 aromatic heterocycles. The average molecular weight is 268 g/mol. The zero-order chi connectivity index (χ0) is 14.1. The van der Waals surface area contributed by atoms with E-state index in [0.29, 0.717) is 17.3 Å². The molecule has 0 saturated heterocycles. The summed E-state index contributed by atoms with van der Waals surface area (Å²) in [5, 5.41) is 8.34. The number of para-hydroxylation sites is 1. The summed E-state index contributed by atoms with van der Waals surface area (Å²) in [6.07, 6.45) is 2.51. The van der Waals surface area contributed by atoms with Crippen molar-refractivity contribution < 1.29 is 4.42 Å². The first-order chi connectivity index (χ1) is 9.72. The lowest BCUT2D eigenvalue weighted by Gasteiger charge is -2.11. The van der Waals surface area contributed by atoms with Gasteiger partial charge in [-0.1, -0.05) is 30.3 Å². The number of furan rings is 1. The number of aromatic nitrogens is 3. The first-order valence-electron chi connectivity index (χ1n) is 6.56. The van der Waals surface area contributed by atoms with Crippen LogP contribution in [0.1, 0.15) is 18.1 Å². The molecule has 2 N–H and O–H groups in total. The van der Waals surface area contributed by atoms with Crippen LogP contribution in [0.2, 0.25) is 0 Å². The smallest absolute Gasteiger partial charge is 0.172 e. The van der Waals surface area contributed by atoms with Crippen LogP contribution >= 0.6 is 0 Å². The Morgan fingerprint density at radius 2 is 2.10 bits per heavy atom. The molecule has 0 aliphatic heterocycles. The summed E-state index contributed by atoms with van der Waals surface area (Å²) in [7, 11) is 0. The monoisotopic (exact) mass is 268 g/mol. The van der Waals surface area contributed by atoms with Gasteiger partial charge < -0.3 is 10.2 Å². The molecule has 0 aliphatic rings. The highest BCUT2D eigenvalue weighted by atomic mass is 16.3. The Bertz CT molecular complexity index is 728. The van der Waals surface area contributed by atoms with E-state index in [9.17, 15) is 0 Å². The third kappa shape index (κ3) is 1.87. The number of nitrogen functional groups attached to an aromatic ring is 1. The first kappa shape index (κ1) is 12.5. The van der Waals surface area contributed by atoms with E-state index in [4.69, 9.17) is 10.2 Å². The van der Waals surface area contributed by atoms with E-state index in [1.165, 1.54) is 5.56 Å². The minimum Gasteiger partial charge on any atom is -0.463 e. The van der Waals surface area contributed by atoms with Gasteiger partial charge in [-0.3, -0.25) is 0 Å². The van der Waals surface area contributed by atoms with Crippen molar-refractivity contribution in [3.8, 4) is 17.1 Å². The summed E-state index contributed by atoms with van der Waals surface area (Å²) < 4.78 is 7.03. The molecule has 0 unspecified atom stereocenters. The molecule has 2 heterocycles. The standard InChI is InChI=1S/C15H16N4O/c1-3-11-7-4-6-10(2)14(11)19-15(16)13(17-18-19)12-8-5-9-20-12/h4-9H,3,16H2,1-2H3.